The number of carbonyl (C=O) groups excluding carboxylic acids is 2. The molecule has 0 aromatic rings. The average Bonchev–Trinajstić information content (AvgIpc) is 2.86. The number of ketones is 1. The zero-order valence-corrected chi connectivity index (χ0v) is 16.8. The van der Waals surface area contributed by atoms with E-state index in [2.05, 4.69) is 6.92 Å². The Morgan fingerprint density at radius 3 is 2.70 bits per heavy atom. The smallest absolute Gasteiger partial charge is 0.184 e. The molecule has 0 aromatic heterocycles. The number of carbonyl (C=O) groups is 2. The van der Waals surface area contributed by atoms with Crippen LogP contribution in [0.4, 0.5) is 0 Å². The Morgan fingerprint density at radius 2 is 2.04 bits per heavy atom. The first-order chi connectivity index (χ1) is 12.6. The largest absolute Gasteiger partial charge is 0.505 e. The molecule has 0 heterocycles. The third-order valence-electron chi connectivity index (χ3n) is 8.13. The normalized spacial score (nSPS) is 50.4. The minimum Gasteiger partial charge on any atom is -0.505 e. The fourth-order valence-electron chi connectivity index (χ4n) is 6.97. The topological polar surface area (TPSA) is 74.6 Å². The number of hydrogen-bond donors (Lipinski definition) is 2. The first kappa shape index (κ1) is 18.9. The van der Waals surface area contributed by atoms with E-state index in [4.69, 9.17) is 11.6 Å². The SMILES string of the molecule is C[C@H]1C[C@H]2[C@@H]3CCC4=CC(=O)C=C[C@]4(C)[C@@]3(Cl)[C@@H](O)C[C@]2(C)C1=C(O)C=O. The average molecular weight is 391 g/mol. The predicted molar refractivity (Wildman–Crippen MR) is 103 cm³/mol. The number of rotatable bonds is 1. The van der Waals surface area contributed by atoms with Gasteiger partial charge in [0.1, 0.15) is 0 Å². The van der Waals surface area contributed by atoms with E-state index in [-0.39, 0.29) is 29.3 Å². The van der Waals surface area contributed by atoms with Gasteiger partial charge in [0.25, 0.3) is 0 Å². The molecule has 0 aliphatic heterocycles. The van der Waals surface area contributed by atoms with Crippen LogP contribution in [0, 0.1) is 28.6 Å². The van der Waals surface area contributed by atoms with Crippen LogP contribution in [0.1, 0.15) is 46.5 Å². The Kier molecular flexibility index (Phi) is 4.07. The second kappa shape index (κ2) is 5.81. The van der Waals surface area contributed by atoms with Crippen molar-refractivity contribution in [2.45, 2.75) is 57.4 Å². The lowest BCUT2D eigenvalue weighted by Crippen LogP contribution is -2.65. The Bertz CT molecular complexity index is 811. The summed E-state index contributed by atoms with van der Waals surface area (Å²) in [6.45, 7) is 6.13. The maximum absolute atomic E-state index is 11.9. The highest BCUT2D eigenvalue weighted by atomic mass is 35.5. The molecule has 4 aliphatic carbocycles. The summed E-state index contributed by atoms with van der Waals surface area (Å²) in [5.74, 6) is 0.0753. The molecule has 4 rings (SSSR count). The van der Waals surface area contributed by atoms with Gasteiger partial charge in [0.15, 0.2) is 17.8 Å². The van der Waals surface area contributed by atoms with E-state index in [0.29, 0.717) is 12.7 Å². The molecule has 0 spiro atoms. The summed E-state index contributed by atoms with van der Waals surface area (Å²) in [7, 11) is 0. The molecule has 27 heavy (non-hydrogen) atoms. The molecule has 0 saturated heterocycles. The van der Waals surface area contributed by atoms with E-state index in [9.17, 15) is 19.8 Å². The molecule has 2 N–H and O–H groups in total. The van der Waals surface area contributed by atoms with Crippen molar-refractivity contribution in [3.8, 4) is 0 Å². The van der Waals surface area contributed by atoms with Crippen LogP contribution in [0.3, 0.4) is 0 Å². The number of fused-ring (bicyclic) bond motifs is 5. The monoisotopic (exact) mass is 390 g/mol. The third kappa shape index (κ3) is 2.20. The van der Waals surface area contributed by atoms with Gasteiger partial charge in [-0.25, -0.2) is 0 Å². The number of aldehydes is 1. The van der Waals surface area contributed by atoms with E-state index in [1.54, 1.807) is 12.2 Å². The van der Waals surface area contributed by atoms with Crippen molar-refractivity contribution in [1.29, 1.82) is 0 Å². The highest BCUT2D eigenvalue weighted by molar-refractivity contribution is 6.26. The second-order valence-corrected chi connectivity index (χ2v) is 9.94. The molecule has 7 atom stereocenters. The van der Waals surface area contributed by atoms with E-state index < -0.39 is 21.8 Å². The van der Waals surface area contributed by atoms with Gasteiger partial charge >= 0.3 is 0 Å². The summed E-state index contributed by atoms with van der Waals surface area (Å²) >= 11 is 7.33. The number of alkyl halides is 1. The molecule has 3 fully saturated rings. The fourth-order valence-corrected chi connectivity index (χ4v) is 7.50. The second-order valence-electron chi connectivity index (χ2n) is 9.32. The lowest BCUT2D eigenvalue weighted by atomic mass is 9.46. The summed E-state index contributed by atoms with van der Waals surface area (Å²) in [5, 5.41) is 21.6. The molecule has 0 unspecified atom stereocenters. The summed E-state index contributed by atoms with van der Waals surface area (Å²) in [6.07, 6.45) is 7.66. The first-order valence-corrected chi connectivity index (χ1v) is 10.2. The highest BCUT2D eigenvalue weighted by Gasteiger charge is 2.69. The molecule has 146 valence electrons. The number of halogens is 1. The summed E-state index contributed by atoms with van der Waals surface area (Å²) in [6, 6.07) is 0. The predicted octanol–water partition coefficient (Wildman–Crippen LogP) is 3.88. The molecular formula is C22H27ClO4. The Labute approximate surface area is 165 Å². The Hall–Kier alpha value is -1.39. The van der Waals surface area contributed by atoms with Crippen molar-refractivity contribution in [2.24, 2.45) is 28.6 Å². The quantitative estimate of drug-likeness (QED) is 0.308. The van der Waals surface area contributed by atoms with Crippen molar-refractivity contribution in [3.63, 3.8) is 0 Å². The van der Waals surface area contributed by atoms with Gasteiger partial charge in [0, 0.05) is 5.41 Å². The maximum Gasteiger partial charge on any atom is 0.184 e. The van der Waals surface area contributed by atoms with Gasteiger partial charge in [-0.3, -0.25) is 9.59 Å². The molecule has 4 nitrogen and oxygen atoms in total. The lowest BCUT2D eigenvalue weighted by molar-refractivity contribution is -0.111. The minimum absolute atomic E-state index is 0.0213. The standard InChI is InChI=1S/C22H27ClO4/c1-12-8-16-15-5-4-13-9-14(25)6-7-21(13,3)22(15,23)18(27)10-20(16,2)19(12)17(26)11-24/h6-7,9,11-12,15-16,18,26-27H,4-5,8,10H2,1-3H3/t12-,15-,16-,18-,20-,21-,22-/m0/s1. The minimum atomic E-state index is -0.898. The van der Waals surface area contributed by atoms with Gasteiger partial charge in [-0.2, -0.15) is 0 Å². The zero-order valence-electron chi connectivity index (χ0n) is 16.0. The van der Waals surface area contributed by atoms with Gasteiger partial charge in [0.05, 0.1) is 11.0 Å². The Balaban J connectivity index is 1.85. The molecule has 0 bridgehead atoms. The number of aliphatic hydroxyl groups is 2. The molecule has 0 amide bonds. The van der Waals surface area contributed by atoms with Crippen molar-refractivity contribution < 1.29 is 19.8 Å². The molecule has 4 aliphatic rings. The van der Waals surface area contributed by atoms with E-state index in [1.165, 1.54) is 0 Å². The van der Waals surface area contributed by atoms with Crippen LogP contribution >= 0.6 is 11.6 Å². The van der Waals surface area contributed by atoms with Gasteiger partial charge in [0.2, 0.25) is 0 Å². The zero-order chi connectivity index (χ0) is 19.8. The van der Waals surface area contributed by atoms with Gasteiger partial charge in [-0.05, 0) is 66.6 Å². The van der Waals surface area contributed by atoms with Gasteiger partial charge < -0.3 is 10.2 Å². The molecular weight excluding hydrogens is 364 g/mol. The highest BCUT2D eigenvalue weighted by Crippen LogP contribution is 2.70. The fraction of sp³-hybridized carbons (Fsp3) is 0.636. The first-order valence-electron chi connectivity index (χ1n) is 9.79. The van der Waals surface area contributed by atoms with Crippen LogP contribution in [-0.4, -0.2) is 33.3 Å². The van der Waals surface area contributed by atoms with Crippen LogP contribution in [0.15, 0.2) is 35.1 Å². The van der Waals surface area contributed by atoms with Crippen molar-refractivity contribution in [3.05, 3.63) is 35.1 Å². The van der Waals surface area contributed by atoms with Crippen molar-refractivity contribution in [2.75, 3.05) is 0 Å². The number of aliphatic hydroxyl groups excluding tert-OH is 2. The van der Waals surface area contributed by atoms with Crippen LogP contribution in [0.2, 0.25) is 0 Å². The van der Waals surface area contributed by atoms with Crippen LogP contribution in [0.25, 0.3) is 0 Å². The summed E-state index contributed by atoms with van der Waals surface area (Å²) in [5.41, 5.74) is 0.746. The Morgan fingerprint density at radius 1 is 1.33 bits per heavy atom. The van der Waals surface area contributed by atoms with E-state index >= 15 is 0 Å². The van der Waals surface area contributed by atoms with Crippen LogP contribution in [0.5, 0.6) is 0 Å². The van der Waals surface area contributed by atoms with Gasteiger partial charge in [-0.1, -0.05) is 32.4 Å². The number of hydrogen-bond acceptors (Lipinski definition) is 4. The van der Waals surface area contributed by atoms with E-state index in [0.717, 1.165) is 30.4 Å². The van der Waals surface area contributed by atoms with Crippen LogP contribution in [-0.2, 0) is 9.59 Å². The van der Waals surface area contributed by atoms with Crippen molar-refractivity contribution in [1.82, 2.24) is 0 Å². The third-order valence-corrected chi connectivity index (χ3v) is 9.06. The lowest BCUT2D eigenvalue weighted by Gasteiger charge is -2.62. The van der Waals surface area contributed by atoms with Crippen molar-refractivity contribution >= 4 is 23.7 Å². The maximum atomic E-state index is 11.9. The molecule has 0 radical (unpaired) electrons. The summed E-state index contributed by atoms with van der Waals surface area (Å²) < 4.78 is 0. The molecule has 5 heteroatoms. The number of allylic oxidation sites excluding steroid dienone is 6. The molecule has 0 aromatic carbocycles. The van der Waals surface area contributed by atoms with Gasteiger partial charge in [-0.15, -0.1) is 11.6 Å². The summed E-state index contributed by atoms with van der Waals surface area (Å²) in [4.78, 5) is 22.3. The molecule has 3 saturated carbocycles. The van der Waals surface area contributed by atoms with Crippen LogP contribution < -0.4 is 0 Å². The van der Waals surface area contributed by atoms with E-state index in [1.807, 2.05) is 19.9 Å².